The molecular weight excluding hydrogens is 254 g/mol. The minimum atomic E-state index is -0.135. The van der Waals surface area contributed by atoms with E-state index in [0.717, 1.165) is 31.4 Å². The Morgan fingerprint density at radius 3 is 2.65 bits per heavy atom. The highest BCUT2D eigenvalue weighted by molar-refractivity contribution is 6.10. The molecular formula is C15H19N3O2. The first-order valence-electron chi connectivity index (χ1n) is 7.11. The molecule has 0 unspecified atom stereocenters. The van der Waals surface area contributed by atoms with Crippen molar-refractivity contribution in [3.63, 3.8) is 0 Å². The van der Waals surface area contributed by atoms with Crippen LogP contribution < -0.4 is 16.0 Å². The Kier molecular flexibility index (Phi) is 3.44. The Morgan fingerprint density at radius 1 is 1.20 bits per heavy atom. The number of carbonyl (C=O) groups is 2. The van der Waals surface area contributed by atoms with E-state index < -0.39 is 0 Å². The number of carbonyl (C=O) groups excluding carboxylic acids is 2. The molecule has 2 amide bonds. The smallest absolute Gasteiger partial charge is 0.244 e. The third kappa shape index (κ3) is 2.41. The van der Waals surface area contributed by atoms with Crippen LogP contribution in [0.3, 0.4) is 0 Å². The Hall–Kier alpha value is -1.88. The van der Waals surface area contributed by atoms with E-state index in [9.17, 15) is 9.59 Å². The molecule has 106 valence electrons. The van der Waals surface area contributed by atoms with Crippen LogP contribution in [0.1, 0.15) is 25.7 Å². The molecule has 20 heavy (non-hydrogen) atoms. The Balaban J connectivity index is 1.83. The van der Waals surface area contributed by atoms with Gasteiger partial charge in [0.15, 0.2) is 0 Å². The van der Waals surface area contributed by atoms with E-state index in [1.807, 2.05) is 24.3 Å². The van der Waals surface area contributed by atoms with Crippen molar-refractivity contribution >= 4 is 23.2 Å². The van der Waals surface area contributed by atoms with Crippen LogP contribution in [0.5, 0.6) is 0 Å². The van der Waals surface area contributed by atoms with Gasteiger partial charge in [-0.15, -0.1) is 0 Å². The first-order chi connectivity index (χ1) is 9.65. The predicted octanol–water partition coefficient (Wildman–Crippen LogP) is 1.49. The standard InChI is InChI=1S/C15H19N3O2/c16-11-7-5-10(6-8-11)15(20)18-9-14(19)17-12-3-1-2-4-13(12)18/h1-4,10-11H,5-9,16H2,(H,17,19). The number of hydrogen-bond acceptors (Lipinski definition) is 3. The monoisotopic (exact) mass is 273 g/mol. The summed E-state index contributed by atoms with van der Waals surface area (Å²) in [6.45, 7) is 0.110. The van der Waals surface area contributed by atoms with Crippen LogP contribution in [-0.4, -0.2) is 24.4 Å². The molecule has 1 aromatic carbocycles. The van der Waals surface area contributed by atoms with Gasteiger partial charge in [0.1, 0.15) is 6.54 Å². The van der Waals surface area contributed by atoms with Crippen LogP contribution in [0, 0.1) is 5.92 Å². The average Bonchev–Trinajstić information content (AvgIpc) is 2.46. The van der Waals surface area contributed by atoms with Crippen molar-refractivity contribution in [1.29, 1.82) is 0 Å². The zero-order valence-corrected chi connectivity index (χ0v) is 11.3. The maximum Gasteiger partial charge on any atom is 0.244 e. The third-order valence-corrected chi connectivity index (χ3v) is 4.16. The summed E-state index contributed by atoms with van der Waals surface area (Å²) in [5.41, 5.74) is 7.40. The summed E-state index contributed by atoms with van der Waals surface area (Å²) >= 11 is 0. The van der Waals surface area contributed by atoms with Gasteiger partial charge in [0.2, 0.25) is 11.8 Å². The molecule has 0 aromatic heterocycles. The zero-order chi connectivity index (χ0) is 14.1. The number of rotatable bonds is 1. The number of nitrogens with two attached hydrogens (primary N) is 1. The average molecular weight is 273 g/mol. The van der Waals surface area contributed by atoms with Gasteiger partial charge in [0.05, 0.1) is 11.4 Å². The molecule has 5 nitrogen and oxygen atoms in total. The number of hydrogen-bond donors (Lipinski definition) is 2. The number of fused-ring (bicyclic) bond motifs is 1. The number of anilines is 2. The second kappa shape index (κ2) is 5.25. The highest BCUT2D eigenvalue weighted by Gasteiger charge is 2.33. The molecule has 0 atom stereocenters. The van der Waals surface area contributed by atoms with E-state index in [2.05, 4.69) is 5.32 Å². The highest BCUT2D eigenvalue weighted by Crippen LogP contribution is 2.32. The van der Waals surface area contributed by atoms with Gasteiger partial charge in [-0.05, 0) is 37.8 Å². The lowest BCUT2D eigenvalue weighted by Gasteiger charge is -2.34. The van der Waals surface area contributed by atoms with Gasteiger partial charge < -0.3 is 16.0 Å². The van der Waals surface area contributed by atoms with E-state index in [-0.39, 0.29) is 30.3 Å². The van der Waals surface area contributed by atoms with Gasteiger partial charge >= 0.3 is 0 Å². The summed E-state index contributed by atoms with van der Waals surface area (Å²) in [7, 11) is 0. The second-order valence-corrected chi connectivity index (χ2v) is 5.60. The summed E-state index contributed by atoms with van der Waals surface area (Å²) in [6.07, 6.45) is 3.41. The fourth-order valence-electron chi connectivity index (χ4n) is 3.02. The minimum Gasteiger partial charge on any atom is -0.328 e. The van der Waals surface area contributed by atoms with Crippen molar-refractivity contribution in [3.05, 3.63) is 24.3 Å². The lowest BCUT2D eigenvalue weighted by atomic mass is 9.85. The molecule has 0 saturated heterocycles. The van der Waals surface area contributed by atoms with Gasteiger partial charge in [-0.1, -0.05) is 12.1 Å². The molecule has 1 fully saturated rings. The largest absolute Gasteiger partial charge is 0.328 e. The Labute approximate surface area is 118 Å². The van der Waals surface area contributed by atoms with Crippen LogP contribution in [-0.2, 0) is 9.59 Å². The molecule has 2 aliphatic rings. The first-order valence-corrected chi connectivity index (χ1v) is 7.11. The molecule has 1 aromatic rings. The molecule has 3 rings (SSSR count). The van der Waals surface area contributed by atoms with Crippen molar-refractivity contribution in [1.82, 2.24) is 0 Å². The topological polar surface area (TPSA) is 75.4 Å². The highest BCUT2D eigenvalue weighted by atomic mass is 16.2. The molecule has 3 N–H and O–H groups in total. The summed E-state index contributed by atoms with van der Waals surface area (Å²) in [5.74, 6) is -0.0856. The third-order valence-electron chi connectivity index (χ3n) is 4.16. The van der Waals surface area contributed by atoms with Crippen molar-refractivity contribution in [3.8, 4) is 0 Å². The van der Waals surface area contributed by atoms with E-state index in [4.69, 9.17) is 5.73 Å². The summed E-state index contributed by atoms with van der Waals surface area (Å²) < 4.78 is 0. The van der Waals surface area contributed by atoms with Crippen molar-refractivity contribution in [2.75, 3.05) is 16.8 Å². The molecule has 1 aliphatic carbocycles. The van der Waals surface area contributed by atoms with Crippen molar-refractivity contribution in [2.45, 2.75) is 31.7 Å². The normalized spacial score (nSPS) is 25.9. The van der Waals surface area contributed by atoms with Crippen molar-refractivity contribution < 1.29 is 9.59 Å². The lowest BCUT2D eigenvalue weighted by molar-refractivity contribution is -0.125. The van der Waals surface area contributed by atoms with Gasteiger partial charge in [-0.25, -0.2) is 0 Å². The fourth-order valence-corrected chi connectivity index (χ4v) is 3.02. The van der Waals surface area contributed by atoms with Gasteiger partial charge in [-0.2, -0.15) is 0 Å². The molecule has 1 saturated carbocycles. The number of benzene rings is 1. The molecule has 1 heterocycles. The SMILES string of the molecule is NC1CCC(C(=O)N2CC(=O)Nc3ccccc32)CC1. The number of para-hydroxylation sites is 2. The van der Waals surface area contributed by atoms with E-state index in [1.165, 1.54) is 0 Å². The van der Waals surface area contributed by atoms with Crippen molar-refractivity contribution in [2.24, 2.45) is 11.7 Å². The van der Waals surface area contributed by atoms with Gasteiger partial charge in [-0.3, -0.25) is 9.59 Å². The summed E-state index contributed by atoms with van der Waals surface area (Å²) in [6, 6.07) is 7.65. The number of nitrogens with zero attached hydrogens (tertiary/aromatic N) is 1. The Morgan fingerprint density at radius 2 is 1.90 bits per heavy atom. The predicted molar refractivity (Wildman–Crippen MR) is 77.4 cm³/mol. The molecule has 0 bridgehead atoms. The van der Waals surface area contributed by atoms with E-state index in [0.29, 0.717) is 5.69 Å². The molecule has 5 heteroatoms. The quantitative estimate of drug-likeness (QED) is 0.814. The maximum atomic E-state index is 12.7. The van der Waals surface area contributed by atoms with E-state index >= 15 is 0 Å². The summed E-state index contributed by atoms with van der Waals surface area (Å²) in [4.78, 5) is 26.0. The van der Waals surface area contributed by atoms with Gasteiger partial charge in [0, 0.05) is 12.0 Å². The first kappa shape index (κ1) is 13.1. The summed E-state index contributed by atoms with van der Waals surface area (Å²) in [5, 5.41) is 2.80. The molecule has 1 aliphatic heterocycles. The number of nitrogens with one attached hydrogen (secondary N) is 1. The number of amides is 2. The van der Waals surface area contributed by atoms with Crippen LogP contribution in [0.15, 0.2) is 24.3 Å². The molecule has 0 radical (unpaired) electrons. The minimum absolute atomic E-state index is 0.00578. The van der Waals surface area contributed by atoms with Crippen LogP contribution in [0.4, 0.5) is 11.4 Å². The maximum absolute atomic E-state index is 12.7. The van der Waals surface area contributed by atoms with Crippen LogP contribution >= 0.6 is 0 Å². The fraction of sp³-hybridized carbons (Fsp3) is 0.467. The Bertz CT molecular complexity index is 536. The van der Waals surface area contributed by atoms with Crippen LogP contribution in [0.2, 0.25) is 0 Å². The lowest BCUT2D eigenvalue weighted by Crippen LogP contribution is -2.46. The van der Waals surface area contributed by atoms with Crippen LogP contribution in [0.25, 0.3) is 0 Å². The second-order valence-electron chi connectivity index (χ2n) is 5.60. The van der Waals surface area contributed by atoms with Gasteiger partial charge in [0.25, 0.3) is 0 Å². The molecule has 0 spiro atoms. The van der Waals surface area contributed by atoms with E-state index in [1.54, 1.807) is 4.90 Å². The zero-order valence-electron chi connectivity index (χ0n) is 11.3.